The number of benzene rings is 1. The molecule has 6 nitrogen and oxygen atoms in total. The summed E-state index contributed by atoms with van der Waals surface area (Å²) in [5, 5.41) is 0. The Labute approximate surface area is 147 Å². The van der Waals surface area contributed by atoms with Crippen LogP contribution in [0.25, 0.3) is 6.08 Å². The maximum atomic E-state index is 12.7. The first kappa shape index (κ1) is 15.7. The Bertz CT molecular complexity index is 1080. The van der Waals surface area contributed by atoms with Gasteiger partial charge < -0.3 is 14.1 Å². The van der Waals surface area contributed by atoms with Crippen molar-refractivity contribution in [2.24, 2.45) is 4.99 Å². The molecule has 25 heavy (non-hydrogen) atoms. The van der Waals surface area contributed by atoms with E-state index in [0.717, 1.165) is 22.0 Å². The standard InChI is InChI=1S/C18H17N3O3S/c1-12-3-6-15(24-12)9-16-17(22)21-11-20(10-19-18(21)25-16)13-4-7-14(23-2)8-5-13/h3-9H,10-11H2,1-2H3/b16-9+. The predicted molar refractivity (Wildman–Crippen MR) is 96.7 cm³/mol. The number of rotatable bonds is 3. The number of ether oxygens (including phenoxy) is 1. The molecule has 0 unspecified atom stereocenters. The van der Waals surface area contributed by atoms with Gasteiger partial charge in [0.05, 0.1) is 11.6 Å². The average molecular weight is 355 g/mol. The second-order valence-electron chi connectivity index (χ2n) is 5.75. The van der Waals surface area contributed by atoms with Gasteiger partial charge in [-0.15, -0.1) is 0 Å². The Morgan fingerprint density at radius 1 is 1.24 bits per heavy atom. The molecular weight excluding hydrogens is 338 g/mol. The second kappa shape index (κ2) is 6.25. The van der Waals surface area contributed by atoms with Crippen LogP contribution in [0, 0.1) is 6.92 Å². The zero-order valence-corrected chi connectivity index (χ0v) is 14.7. The molecule has 2 aromatic heterocycles. The molecule has 128 valence electrons. The maximum absolute atomic E-state index is 12.7. The number of aromatic nitrogens is 1. The Balaban J connectivity index is 1.67. The third-order valence-electron chi connectivity index (χ3n) is 4.05. The number of nitrogens with zero attached hydrogens (tertiary/aromatic N) is 3. The summed E-state index contributed by atoms with van der Waals surface area (Å²) in [5.41, 5.74) is 0.955. The average Bonchev–Trinajstić information content (AvgIpc) is 3.18. The molecule has 0 N–H and O–H groups in total. The molecule has 0 aliphatic carbocycles. The normalized spacial score (nSPS) is 14.3. The van der Waals surface area contributed by atoms with E-state index in [1.165, 1.54) is 11.3 Å². The van der Waals surface area contributed by atoms with Crippen LogP contribution in [0.3, 0.4) is 0 Å². The summed E-state index contributed by atoms with van der Waals surface area (Å²) in [6.45, 7) is 2.88. The Morgan fingerprint density at radius 2 is 2.04 bits per heavy atom. The van der Waals surface area contributed by atoms with E-state index in [1.807, 2.05) is 48.2 Å². The van der Waals surface area contributed by atoms with Crippen LogP contribution in [0.1, 0.15) is 11.5 Å². The van der Waals surface area contributed by atoms with Crippen LogP contribution in [0.15, 0.2) is 50.6 Å². The van der Waals surface area contributed by atoms with Crippen molar-refractivity contribution < 1.29 is 9.15 Å². The summed E-state index contributed by atoms with van der Waals surface area (Å²) >= 11 is 1.39. The number of hydrogen-bond acceptors (Lipinski definition) is 6. The summed E-state index contributed by atoms with van der Waals surface area (Å²) in [5.74, 6) is 2.31. The van der Waals surface area contributed by atoms with Crippen LogP contribution in [0.2, 0.25) is 0 Å². The Kier molecular flexibility index (Phi) is 3.93. The van der Waals surface area contributed by atoms with Crippen LogP contribution in [-0.4, -0.2) is 18.3 Å². The molecule has 0 saturated heterocycles. The number of thiazole rings is 1. The Morgan fingerprint density at radius 3 is 2.72 bits per heavy atom. The highest BCUT2D eigenvalue weighted by Gasteiger charge is 2.16. The molecule has 0 fully saturated rings. The highest BCUT2D eigenvalue weighted by molar-refractivity contribution is 7.07. The SMILES string of the molecule is COc1ccc(N2CN=c3s/c(=C/c4ccc(C)o4)c(=O)n3C2)cc1. The number of furan rings is 1. The van der Waals surface area contributed by atoms with E-state index in [4.69, 9.17) is 9.15 Å². The molecule has 4 rings (SSSR count). The second-order valence-corrected chi connectivity index (χ2v) is 6.76. The van der Waals surface area contributed by atoms with Gasteiger partial charge in [0.25, 0.3) is 5.56 Å². The van der Waals surface area contributed by atoms with Gasteiger partial charge in [-0.05, 0) is 43.3 Å². The predicted octanol–water partition coefficient (Wildman–Crippen LogP) is 1.70. The monoisotopic (exact) mass is 355 g/mol. The highest BCUT2D eigenvalue weighted by atomic mass is 32.1. The topological polar surface area (TPSA) is 60.0 Å². The number of methoxy groups -OCH3 is 1. The van der Waals surface area contributed by atoms with Gasteiger partial charge in [0, 0.05) is 11.8 Å². The number of aryl methyl sites for hydroxylation is 1. The van der Waals surface area contributed by atoms with Crippen LogP contribution in [0.5, 0.6) is 5.75 Å². The lowest BCUT2D eigenvalue weighted by Gasteiger charge is -2.25. The van der Waals surface area contributed by atoms with Crippen LogP contribution in [-0.2, 0) is 6.67 Å². The molecule has 7 heteroatoms. The van der Waals surface area contributed by atoms with Crippen molar-refractivity contribution in [1.82, 2.24) is 4.57 Å². The summed E-state index contributed by atoms with van der Waals surface area (Å²) in [6.07, 6.45) is 1.78. The fourth-order valence-electron chi connectivity index (χ4n) is 2.73. The van der Waals surface area contributed by atoms with Crippen LogP contribution in [0.4, 0.5) is 5.69 Å². The fourth-order valence-corrected chi connectivity index (χ4v) is 3.67. The third kappa shape index (κ3) is 2.98. The first-order chi connectivity index (χ1) is 12.1. The lowest BCUT2D eigenvalue weighted by molar-refractivity contribution is 0.414. The van der Waals surface area contributed by atoms with Gasteiger partial charge in [0.1, 0.15) is 30.6 Å². The van der Waals surface area contributed by atoms with Gasteiger partial charge in [-0.25, -0.2) is 4.99 Å². The number of hydrogen-bond donors (Lipinski definition) is 0. The van der Waals surface area contributed by atoms with Crippen LogP contribution >= 0.6 is 11.3 Å². The molecule has 0 saturated carbocycles. The molecular formula is C18H17N3O3S. The van der Waals surface area contributed by atoms with Crippen LogP contribution < -0.4 is 24.5 Å². The molecule has 0 amide bonds. The largest absolute Gasteiger partial charge is 0.497 e. The molecule has 3 aromatic rings. The summed E-state index contributed by atoms with van der Waals surface area (Å²) < 4.78 is 13.0. The van der Waals surface area contributed by atoms with Gasteiger partial charge >= 0.3 is 0 Å². The van der Waals surface area contributed by atoms with Crippen molar-refractivity contribution in [2.45, 2.75) is 13.6 Å². The van der Waals surface area contributed by atoms with Gasteiger partial charge in [-0.2, -0.15) is 0 Å². The lowest BCUT2D eigenvalue weighted by Crippen LogP contribution is -2.42. The van der Waals surface area contributed by atoms with Crippen molar-refractivity contribution in [1.29, 1.82) is 0 Å². The molecule has 1 aromatic carbocycles. The smallest absolute Gasteiger partial charge is 0.271 e. The molecule has 3 heterocycles. The molecule has 0 bridgehead atoms. The van der Waals surface area contributed by atoms with E-state index in [2.05, 4.69) is 4.99 Å². The zero-order valence-electron chi connectivity index (χ0n) is 13.9. The summed E-state index contributed by atoms with van der Waals surface area (Å²) in [4.78, 5) is 20.0. The molecule has 0 spiro atoms. The van der Waals surface area contributed by atoms with Crippen molar-refractivity contribution in [3.05, 3.63) is 67.6 Å². The van der Waals surface area contributed by atoms with E-state index in [1.54, 1.807) is 17.8 Å². The van der Waals surface area contributed by atoms with Crippen molar-refractivity contribution in [3.63, 3.8) is 0 Å². The zero-order chi connectivity index (χ0) is 17.4. The van der Waals surface area contributed by atoms with E-state index in [9.17, 15) is 4.79 Å². The van der Waals surface area contributed by atoms with E-state index in [0.29, 0.717) is 23.6 Å². The Hall–Kier alpha value is -2.80. The molecule has 0 radical (unpaired) electrons. The summed E-state index contributed by atoms with van der Waals surface area (Å²) in [6, 6.07) is 11.5. The number of fused-ring (bicyclic) bond motifs is 1. The molecule has 1 aliphatic rings. The highest BCUT2D eigenvalue weighted by Crippen LogP contribution is 2.20. The van der Waals surface area contributed by atoms with Gasteiger partial charge in [-0.3, -0.25) is 9.36 Å². The minimum absolute atomic E-state index is 0.0454. The minimum Gasteiger partial charge on any atom is -0.497 e. The number of anilines is 1. The maximum Gasteiger partial charge on any atom is 0.271 e. The van der Waals surface area contributed by atoms with E-state index < -0.39 is 0 Å². The molecule has 0 atom stereocenters. The van der Waals surface area contributed by atoms with E-state index in [-0.39, 0.29) is 5.56 Å². The first-order valence-corrected chi connectivity index (χ1v) is 8.67. The quantitative estimate of drug-likeness (QED) is 0.718. The van der Waals surface area contributed by atoms with E-state index >= 15 is 0 Å². The van der Waals surface area contributed by atoms with Crippen molar-refractivity contribution >= 4 is 23.1 Å². The fraction of sp³-hybridized carbons (Fsp3) is 0.222. The minimum atomic E-state index is -0.0454. The van der Waals surface area contributed by atoms with Gasteiger partial charge in [0.15, 0.2) is 4.80 Å². The van der Waals surface area contributed by atoms with Crippen molar-refractivity contribution in [3.8, 4) is 5.75 Å². The summed E-state index contributed by atoms with van der Waals surface area (Å²) in [7, 11) is 1.64. The van der Waals surface area contributed by atoms with Gasteiger partial charge in [-0.1, -0.05) is 11.3 Å². The van der Waals surface area contributed by atoms with Crippen molar-refractivity contribution in [2.75, 3.05) is 18.7 Å². The first-order valence-electron chi connectivity index (χ1n) is 7.85. The van der Waals surface area contributed by atoms with Gasteiger partial charge in [0.2, 0.25) is 0 Å². The lowest BCUT2D eigenvalue weighted by atomic mass is 10.3. The molecule has 1 aliphatic heterocycles. The third-order valence-corrected chi connectivity index (χ3v) is 5.09.